The van der Waals surface area contributed by atoms with Crippen molar-refractivity contribution in [3.05, 3.63) is 112 Å². The third-order valence-electron chi connectivity index (χ3n) is 8.13. The Bertz CT molecular complexity index is 2040. The summed E-state index contributed by atoms with van der Waals surface area (Å²) in [6.07, 6.45) is 5.99. The van der Waals surface area contributed by atoms with Crippen LogP contribution in [-0.2, 0) is 32.1 Å². The fraction of sp³-hybridized carbons (Fsp3) is 0.282. The largest absolute Gasteiger partial charge is 0.493 e. The number of benzene rings is 3. The normalized spacial score (nSPS) is 14.3. The number of carbonyl (C=O) groups excluding carboxylic acids is 3. The molecule has 0 saturated heterocycles. The van der Waals surface area contributed by atoms with Gasteiger partial charge in [0.1, 0.15) is 30.1 Å². The molecule has 53 heavy (non-hydrogen) atoms. The van der Waals surface area contributed by atoms with Gasteiger partial charge in [-0.1, -0.05) is 48.5 Å². The average Bonchev–Trinajstić information content (AvgIpc) is 3.12. The van der Waals surface area contributed by atoms with Crippen molar-refractivity contribution in [2.45, 2.75) is 58.4 Å². The minimum atomic E-state index is -0.908. The van der Waals surface area contributed by atoms with Gasteiger partial charge in [-0.25, -0.2) is 19.6 Å². The Balaban J connectivity index is 1.35. The smallest absolute Gasteiger partial charge is 0.408 e. The molecule has 14 heteroatoms. The molecular formula is C39H43N7O7. The highest BCUT2D eigenvalue weighted by Gasteiger charge is 2.30. The number of fused-ring (bicyclic) bond motifs is 1. The number of hydrogen-bond donors (Lipinski definition) is 3. The van der Waals surface area contributed by atoms with Gasteiger partial charge in [-0.15, -0.1) is 0 Å². The van der Waals surface area contributed by atoms with E-state index < -0.39 is 29.7 Å². The summed E-state index contributed by atoms with van der Waals surface area (Å²) in [5.41, 5.74) is 16.4. The van der Waals surface area contributed by atoms with Crippen molar-refractivity contribution in [3.8, 4) is 11.5 Å². The number of nitrogen functional groups attached to an aromatic ring is 2. The maximum absolute atomic E-state index is 13.9. The summed E-state index contributed by atoms with van der Waals surface area (Å²) in [4.78, 5) is 46.7. The van der Waals surface area contributed by atoms with Crippen LogP contribution in [0.15, 0.2) is 78.0 Å². The molecule has 0 bridgehead atoms. The summed E-state index contributed by atoms with van der Waals surface area (Å²) >= 11 is 0. The summed E-state index contributed by atoms with van der Waals surface area (Å²) in [5.74, 6) is 0.270. The van der Waals surface area contributed by atoms with Crippen LogP contribution in [0.3, 0.4) is 0 Å². The number of esters is 1. The minimum Gasteiger partial charge on any atom is -0.493 e. The van der Waals surface area contributed by atoms with Crippen LogP contribution in [0.1, 0.15) is 72.7 Å². The SMILES string of the molecule is COc1cc(Cc2cnc(N)nc2N)cc(C=CC(=O)N2N=Cc3ccccc3C2c2ccc(COC(=O)C(C)NC(=O)OC(C)(C)C)cc2)c1OC. The van der Waals surface area contributed by atoms with E-state index in [1.165, 1.54) is 32.2 Å². The molecule has 0 aliphatic carbocycles. The van der Waals surface area contributed by atoms with Gasteiger partial charge >= 0.3 is 12.1 Å². The number of rotatable bonds is 11. The van der Waals surface area contributed by atoms with Crippen LogP contribution in [0, 0.1) is 0 Å². The lowest BCUT2D eigenvalue weighted by Gasteiger charge is -2.31. The Labute approximate surface area is 307 Å². The first-order chi connectivity index (χ1) is 25.3. The number of methoxy groups -OCH3 is 2. The van der Waals surface area contributed by atoms with Gasteiger partial charge in [0.2, 0.25) is 5.95 Å². The molecule has 1 aromatic heterocycles. The van der Waals surface area contributed by atoms with E-state index in [1.54, 1.807) is 39.3 Å². The van der Waals surface area contributed by atoms with E-state index >= 15 is 0 Å². The predicted octanol–water partition coefficient (Wildman–Crippen LogP) is 5.18. The van der Waals surface area contributed by atoms with Crippen LogP contribution in [0.25, 0.3) is 6.08 Å². The van der Waals surface area contributed by atoms with Gasteiger partial charge < -0.3 is 35.7 Å². The van der Waals surface area contributed by atoms with Crippen molar-refractivity contribution < 1.29 is 33.3 Å². The molecular weight excluding hydrogens is 678 g/mol. The first kappa shape index (κ1) is 37.8. The highest BCUT2D eigenvalue weighted by Crippen LogP contribution is 2.36. The number of carbonyl (C=O) groups is 3. The summed E-state index contributed by atoms with van der Waals surface area (Å²) in [7, 11) is 3.06. The number of alkyl carbamates (subject to hydrolysis) is 1. The molecule has 4 aromatic rings. The summed E-state index contributed by atoms with van der Waals surface area (Å²) in [5, 5.41) is 8.45. The number of nitrogens with one attached hydrogen (secondary N) is 1. The monoisotopic (exact) mass is 721 g/mol. The number of aromatic nitrogens is 2. The molecule has 1 aliphatic heterocycles. The first-order valence-electron chi connectivity index (χ1n) is 16.8. The van der Waals surface area contributed by atoms with Gasteiger partial charge in [0.05, 0.1) is 20.4 Å². The maximum atomic E-state index is 13.9. The maximum Gasteiger partial charge on any atom is 0.408 e. The van der Waals surface area contributed by atoms with Gasteiger partial charge in [0.15, 0.2) is 11.5 Å². The lowest BCUT2D eigenvalue weighted by Crippen LogP contribution is -2.42. The van der Waals surface area contributed by atoms with Crippen molar-refractivity contribution in [3.63, 3.8) is 0 Å². The van der Waals surface area contributed by atoms with Crippen molar-refractivity contribution in [2.24, 2.45) is 5.10 Å². The number of nitrogens with zero attached hydrogens (tertiary/aromatic N) is 4. The van der Waals surface area contributed by atoms with E-state index in [2.05, 4.69) is 20.4 Å². The van der Waals surface area contributed by atoms with E-state index in [0.717, 1.165) is 22.3 Å². The lowest BCUT2D eigenvalue weighted by molar-refractivity contribution is -0.147. The Morgan fingerprint density at radius 1 is 1.00 bits per heavy atom. The second-order valence-electron chi connectivity index (χ2n) is 13.2. The molecule has 0 spiro atoms. The van der Waals surface area contributed by atoms with Crippen LogP contribution in [0.5, 0.6) is 11.5 Å². The highest BCUT2D eigenvalue weighted by atomic mass is 16.6. The van der Waals surface area contributed by atoms with Gasteiger partial charge in [0, 0.05) is 35.4 Å². The van der Waals surface area contributed by atoms with E-state index in [0.29, 0.717) is 34.6 Å². The number of hydrazone groups is 1. The summed E-state index contributed by atoms with van der Waals surface area (Å²) < 4.78 is 21.9. The van der Waals surface area contributed by atoms with Crippen LogP contribution in [-0.4, -0.2) is 65.0 Å². The second-order valence-corrected chi connectivity index (χ2v) is 13.2. The third kappa shape index (κ3) is 9.47. The molecule has 2 atom stereocenters. The molecule has 5 rings (SSSR count). The van der Waals surface area contributed by atoms with Gasteiger partial charge in [-0.3, -0.25) is 4.79 Å². The Morgan fingerprint density at radius 3 is 2.42 bits per heavy atom. The van der Waals surface area contributed by atoms with Crippen molar-refractivity contribution in [1.29, 1.82) is 0 Å². The van der Waals surface area contributed by atoms with E-state index in [9.17, 15) is 14.4 Å². The molecule has 14 nitrogen and oxygen atoms in total. The summed E-state index contributed by atoms with van der Waals surface area (Å²) in [6.45, 7) is 6.70. The minimum absolute atomic E-state index is 0.0213. The molecule has 2 unspecified atom stereocenters. The number of anilines is 2. The van der Waals surface area contributed by atoms with Crippen LogP contribution in [0.4, 0.5) is 16.6 Å². The molecule has 276 valence electrons. The molecule has 1 aliphatic rings. The molecule has 0 fully saturated rings. The van der Waals surface area contributed by atoms with E-state index in [4.69, 9.17) is 30.4 Å². The Kier molecular flexibility index (Phi) is 11.6. The van der Waals surface area contributed by atoms with Crippen LogP contribution < -0.4 is 26.3 Å². The lowest BCUT2D eigenvalue weighted by atomic mass is 9.92. The van der Waals surface area contributed by atoms with Crippen molar-refractivity contribution in [2.75, 3.05) is 25.7 Å². The van der Waals surface area contributed by atoms with E-state index in [-0.39, 0.29) is 24.3 Å². The molecule has 0 radical (unpaired) electrons. The average molecular weight is 722 g/mol. The number of ether oxygens (including phenoxy) is 4. The zero-order chi connectivity index (χ0) is 38.3. The fourth-order valence-electron chi connectivity index (χ4n) is 5.63. The zero-order valence-electron chi connectivity index (χ0n) is 30.5. The quantitative estimate of drug-likeness (QED) is 0.136. The first-order valence-corrected chi connectivity index (χ1v) is 16.8. The number of amides is 2. The summed E-state index contributed by atoms with van der Waals surface area (Å²) in [6, 6.07) is 17.3. The highest BCUT2D eigenvalue weighted by molar-refractivity contribution is 5.95. The Morgan fingerprint density at radius 2 is 1.74 bits per heavy atom. The van der Waals surface area contributed by atoms with Crippen LogP contribution >= 0.6 is 0 Å². The van der Waals surface area contributed by atoms with E-state index in [1.807, 2.05) is 60.7 Å². The van der Waals surface area contributed by atoms with Gasteiger partial charge in [-0.05, 0) is 68.2 Å². The van der Waals surface area contributed by atoms with Gasteiger partial charge in [-0.2, -0.15) is 10.1 Å². The van der Waals surface area contributed by atoms with Crippen molar-refractivity contribution in [1.82, 2.24) is 20.3 Å². The number of nitrogens with two attached hydrogens (primary N) is 2. The molecule has 2 amide bonds. The molecule has 2 heterocycles. The molecule has 3 aromatic carbocycles. The van der Waals surface area contributed by atoms with Crippen molar-refractivity contribution >= 4 is 42.0 Å². The Hall–Kier alpha value is -6.44. The van der Waals surface area contributed by atoms with Gasteiger partial charge in [0.25, 0.3) is 5.91 Å². The molecule has 5 N–H and O–H groups in total. The zero-order valence-corrected chi connectivity index (χ0v) is 30.5. The third-order valence-corrected chi connectivity index (χ3v) is 8.13. The topological polar surface area (TPSA) is 194 Å². The fourth-order valence-corrected chi connectivity index (χ4v) is 5.63. The number of hydrogen-bond acceptors (Lipinski definition) is 12. The second kappa shape index (κ2) is 16.3. The standard InChI is InChI=1S/C39H43N7O7/c1-23(44-38(49)53-39(2,3)4)36(48)52-22-24-11-13-26(14-12-24)33-30-10-8-7-9-28(30)21-43-46(33)32(47)16-15-27-17-25(19-31(50-5)34(27)51-6)18-29-20-42-37(41)45-35(29)40/h7-17,19-21,23,33H,18,22H2,1-6H3,(H,44,49)(H4,40,41,42,45). The predicted molar refractivity (Wildman–Crippen MR) is 200 cm³/mol. The van der Waals surface area contributed by atoms with Crippen LogP contribution in [0.2, 0.25) is 0 Å². The molecule has 0 saturated carbocycles.